The second-order valence-electron chi connectivity index (χ2n) is 4.85. The first-order valence-electron chi connectivity index (χ1n) is 6.05. The van der Waals surface area contributed by atoms with Gasteiger partial charge in [0.15, 0.2) is 17.5 Å². The molecule has 0 atom stereocenters. The summed E-state index contributed by atoms with van der Waals surface area (Å²) in [5.41, 5.74) is -1.03. The number of hydrogen-bond donors (Lipinski definition) is 2. The number of halogens is 3. The molecule has 0 heterocycles. The van der Waals surface area contributed by atoms with Crippen LogP contribution >= 0.6 is 0 Å². The first kappa shape index (κ1) is 13.9. The summed E-state index contributed by atoms with van der Waals surface area (Å²) in [7, 11) is 0. The average Bonchev–Trinajstić information content (AvgIpc) is 2.84. The van der Waals surface area contributed by atoms with Crippen molar-refractivity contribution in [1.29, 1.82) is 0 Å². The lowest BCUT2D eigenvalue weighted by Gasteiger charge is -2.28. The largest absolute Gasteiger partial charge is 0.394 e. The maximum absolute atomic E-state index is 13.0. The summed E-state index contributed by atoms with van der Waals surface area (Å²) < 4.78 is 38.9. The van der Waals surface area contributed by atoms with Gasteiger partial charge in [-0.05, 0) is 25.0 Å². The summed E-state index contributed by atoms with van der Waals surface area (Å²) in [6.45, 7) is -0.231. The van der Waals surface area contributed by atoms with Gasteiger partial charge >= 0.3 is 0 Å². The molecule has 0 aliphatic heterocycles. The van der Waals surface area contributed by atoms with Crippen LogP contribution in [0.2, 0.25) is 0 Å². The minimum absolute atomic E-state index is 0.231. The van der Waals surface area contributed by atoms with Crippen molar-refractivity contribution in [3.8, 4) is 0 Å². The molecule has 0 aromatic heterocycles. The topological polar surface area (TPSA) is 49.3 Å². The van der Waals surface area contributed by atoms with Gasteiger partial charge < -0.3 is 10.4 Å². The zero-order valence-corrected chi connectivity index (χ0v) is 10.2. The van der Waals surface area contributed by atoms with Crippen LogP contribution in [0.15, 0.2) is 12.1 Å². The maximum atomic E-state index is 13.0. The molecule has 1 fully saturated rings. The van der Waals surface area contributed by atoms with Crippen LogP contribution in [0.3, 0.4) is 0 Å². The third-order valence-corrected chi connectivity index (χ3v) is 3.49. The van der Waals surface area contributed by atoms with Gasteiger partial charge in [-0.3, -0.25) is 4.79 Å². The number of carbonyl (C=O) groups excluding carboxylic acids is 1. The quantitative estimate of drug-likeness (QED) is 0.829. The van der Waals surface area contributed by atoms with Crippen LogP contribution in [0.5, 0.6) is 0 Å². The molecule has 1 aliphatic carbocycles. The second-order valence-corrected chi connectivity index (χ2v) is 4.85. The minimum atomic E-state index is -1.60. The maximum Gasteiger partial charge on any atom is 0.252 e. The SMILES string of the molecule is O=C(NC1(CO)CCCC1)c1cc(F)c(F)c(F)c1. The standard InChI is InChI=1S/C13H14F3NO2/c14-9-5-8(6-10(15)11(9)16)12(19)17-13(7-18)3-1-2-4-13/h5-6,18H,1-4,7H2,(H,17,19). The van der Waals surface area contributed by atoms with Crippen LogP contribution in [0, 0.1) is 17.5 Å². The predicted molar refractivity (Wildman–Crippen MR) is 62.1 cm³/mol. The summed E-state index contributed by atoms with van der Waals surface area (Å²) in [5, 5.41) is 11.9. The number of aliphatic hydroxyl groups excluding tert-OH is 1. The number of benzene rings is 1. The predicted octanol–water partition coefficient (Wildman–Crippen LogP) is 2.14. The third kappa shape index (κ3) is 2.73. The molecule has 0 unspecified atom stereocenters. The van der Waals surface area contributed by atoms with Crippen molar-refractivity contribution in [2.45, 2.75) is 31.2 Å². The summed E-state index contributed by atoms with van der Waals surface area (Å²) in [6, 6.07) is 1.29. The van der Waals surface area contributed by atoms with Crippen LogP contribution in [-0.4, -0.2) is 23.2 Å². The fourth-order valence-corrected chi connectivity index (χ4v) is 2.37. The molecule has 0 radical (unpaired) electrons. The van der Waals surface area contributed by atoms with E-state index in [2.05, 4.69) is 5.32 Å². The van der Waals surface area contributed by atoms with Gasteiger partial charge in [0.05, 0.1) is 12.1 Å². The Bertz CT molecular complexity index is 476. The Balaban J connectivity index is 2.20. The van der Waals surface area contributed by atoms with Crippen LogP contribution in [0.25, 0.3) is 0 Å². The van der Waals surface area contributed by atoms with E-state index in [9.17, 15) is 23.1 Å². The smallest absolute Gasteiger partial charge is 0.252 e. The Hall–Kier alpha value is -1.56. The zero-order valence-electron chi connectivity index (χ0n) is 10.2. The van der Waals surface area contributed by atoms with Crippen molar-refractivity contribution in [1.82, 2.24) is 5.32 Å². The molecule has 6 heteroatoms. The number of carbonyl (C=O) groups is 1. The van der Waals surface area contributed by atoms with Gasteiger partial charge in [0, 0.05) is 5.56 Å². The highest BCUT2D eigenvalue weighted by molar-refractivity contribution is 5.94. The van der Waals surface area contributed by atoms with Crippen molar-refractivity contribution in [3.05, 3.63) is 35.1 Å². The third-order valence-electron chi connectivity index (χ3n) is 3.49. The van der Waals surface area contributed by atoms with Crippen molar-refractivity contribution in [3.63, 3.8) is 0 Å². The highest BCUT2D eigenvalue weighted by Crippen LogP contribution is 2.29. The van der Waals surface area contributed by atoms with E-state index in [4.69, 9.17) is 0 Å². The van der Waals surface area contributed by atoms with Crippen molar-refractivity contribution in [2.75, 3.05) is 6.61 Å². The fourth-order valence-electron chi connectivity index (χ4n) is 2.37. The number of hydrogen-bond acceptors (Lipinski definition) is 2. The highest BCUT2D eigenvalue weighted by Gasteiger charge is 2.35. The van der Waals surface area contributed by atoms with Gasteiger partial charge in [-0.25, -0.2) is 13.2 Å². The summed E-state index contributed by atoms with van der Waals surface area (Å²) in [6.07, 6.45) is 2.96. The normalized spacial score (nSPS) is 17.5. The molecule has 0 spiro atoms. The number of aliphatic hydroxyl groups is 1. The Morgan fingerprint density at radius 3 is 2.21 bits per heavy atom. The summed E-state index contributed by atoms with van der Waals surface area (Å²) in [4.78, 5) is 11.9. The van der Waals surface area contributed by atoms with E-state index in [1.54, 1.807) is 0 Å². The van der Waals surface area contributed by atoms with Gasteiger partial charge in [0.2, 0.25) is 0 Å². The van der Waals surface area contributed by atoms with Crippen LogP contribution < -0.4 is 5.32 Å². The first-order chi connectivity index (χ1) is 8.97. The van der Waals surface area contributed by atoms with Gasteiger partial charge in [-0.2, -0.15) is 0 Å². The minimum Gasteiger partial charge on any atom is -0.394 e. The molecule has 1 aromatic rings. The van der Waals surface area contributed by atoms with E-state index in [1.165, 1.54) is 0 Å². The molecule has 1 saturated carbocycles. The van der Waals surface area contributed by atoms with Crippen LogP contribution in [0.4, 0.5) is 13.2 Å². The molecule has 2 N–H and O–H groups in total. The number of amides is 1. The van der Waals surface area contributed by atoms with Crippen LogP contribution in [-0.2, 0) is 0 Å². The van der Waals surface area contributed by atoms with E-state index in [0.717, 1.165) is 12.8 Å². The Morgan fingerprint density at radius 2 is 1.74 bits per heavy atom. The summed E-state index contributed by atoms with van der Waals surface area (Å²) in [5.74, 6) is -5.13. The van der Waals surface area contributed by atoms with E-state index >= 15 is 0 Å². The molecular formula is C13H14F3NO2. The Kier molecular flexibility index (Phi) is 3.80. The van der Waals surface area contributed by atoms with Crippen molar-refractivity contribution >= 4 is 5.91 Å². The molecule has 19 heavy (non-hydrogen) atoms. The molecule has 0 bridgehead atoms. The van der Waals surface area contributed by atoms with Gasteiger partial charge in [0.1, 0.15) is 0 Å². The molecule has 0 saturated heterocycles. The van der Waals surface area contributed by atoms with Crippen molar-refractivity contribution in [2.24, 2.45) is 0 Å². The van der Waals surface area contributed by atoms with Gasteiger partial charge in [0.25, 0.3) is 5.91 Å². The van der Waals surface area contributed by atoms with E-state index < -0.39 is 28.9 Å². The zero-order chi connectivity index (χ0) is 14.0. The molecule has 1 aromatic carbocycles. The summed E-state index contributed by atoms with van der Waals surface area (Å²) >= 11 is 0. The number of nitrogens with one attached hydrogen (secondary N) is 1. The van der Waals surface area contributed by atoms with Gasteiger partial charge in [-0.15, -0.1) is 0 Å². The lowest BCUT2D eigenvalue weighted by atomic mass is 9.98. The molecular weight excluding hydrogens is 259 g/mol. The molecule has 2 rings (SSSR count). The lowest BCUT2D eigenvalue weighted by molar-refractivity contribution is 0.0837. The van der Waals surface area contributed by atoms with E-state index in [1.807, 2.05) is 0 Å². The highest BCUT2D eigenvalue weighted by atomic mass is 19.2. The molecule has 1 aliphatic rings. The van der Waals surface area contributed by atoms with E-state index in [-0.39, 0.29) is 12.2 Å². The lowest BCUT2D eigenvalue weighted by Crippen LogP contribution is -2.49. The van der Waals surface area contributed by atoms with Crippen molar-refractivity contribution < 1.29 is 23.1 Å². The monoisotopic (exact) mass is 273 g/mol. The molecule has 104 valence electrons. The average molecular weight is 273 g/mol. The molecule has 1 amide bonds. The van der Waals surface area contributed by atoms with E-state index in [0.29, 0.717) is 25.0 Å². The number of rotatable bonds is 3. The second kappa shape index (κ2) is 5.21. The fraction of sp³-hybridized carbons (Fsp3) is 0.462. The Morgan fingerprint density at radius 1 is 1.21 bits per heavy atom. The first-order valence-corrected chi connectivity index (χ1v) is 6.05. The molecule has 3 nitrogen and oxygen atoms in total. The van der Waals surface area contributed by atoms with Gasteiger partial charge in [-0.1, -0.05) is 12.8 Å². The van der Waals surface area contributed by atoms with Crippen LogP contribution in [0.1, 0.15) is 36.0 Å². The Labute approximate surface area is 108 Å².